The Kier molecular flexibility index (Phi) is 14.3. The van der Waals surface area contributed by atoms with Crippen LogP contribution in [0.25, 0.3) is 0 Å². The number of nitrogens with zero attached hydrogens (tertiary/aromatic N) is 1. The summed E-state index contributed by atoms with van der Waals surface area (Å²) in [4.78, 5) is 40.6. The number of ether oxygens (including phenoxy) is 2. The minimum absolute atomic E-state index is 0. The molecule has 0 bridgehead atoms. The first-order valence-corrected chi connectivity index (χ1v) is 11.7. The molecule has 7 N–H and O–H groups in total. The van der Waals surface area contributed by atoms with Gasteiger partial charge in [0.1, 0.15) is 18.3 Å². The van der Waals surface area contributed by atoms with Crippen LogP contribution in [0.4, 0.5) is 0 Å². The molecule has 2 rings (SSSR count). The zero-order chi connectivity index (χ0) is 27.8. The second-order valence-electron chi connectivity index (χ2n) is 8.94. The first-order chi connectivity index (χ1) is 17.4. The van der Waals surface area contributed by atoms with Gasteiger partial charge in [-0.3, -0.25) is 9.59 Å². The Balaban J connectivity index is 0.00000722. The molecule has 0 aromatic carbocycles. The Labute approximate surface area is 245 Å². The number of hydrogen-bond donors (Lipinski definition) is 7. The average Bonchev–Trinajstić information content (AvgIpc) is 2.83. The number of aliphatic hydroxyl groups excluding tert-OH is 4. The van der Waals surface area contributed by atoms with Crippen molar-refractivity contribution in [3.63, 3.8) is 0 Å². The number of aliphatic hydroxyl groups is 4. The van der Waals surface area contributed by atoms with Crippen LogP contribution in [0, 0.1) is 19.3 Å². The fourth-order valence-corrected chi connectivity index (χ4v) is 4.17. The standard InChI is InChI=1S/C23H34N3O11.Y/c1-4-5-8-24-17(29)11-35-25-10-16-18(26-13(3)27)14(28)9-23(37-16,22(33)34)7-6-15-20(31)21(32)19(30)12(2)36-15;/h1,10,12,14-16,18-21,28,30-32H,2,5-9,11H2,3H3,(H,24,29)(H,26,27)(H,33,34);/q-1;/b25-10+;. The third-order valence-corrected chi connectivity index (χ3v) is 6.14. The Morgan fingerprint density at radius 2 is 1.92 bits per heavy atom. The average molecular weight is 617 g/mol. The molecule has 15 heteroatoms. The van der Waals surface area contributed by atoms with Gasteiger partial charge in [-0.05, 0) is 18.9 Å². The molecule has 2 aliphatic rings. The van der Waals surface area contributed by atoms with Crippen LogP contribution in [0.3, 0.4) is 0 Å². The number of carbonyl (C=O) groups is 3. The van der Waals surface area contributed by atoms with Gasteiger partial charge in [0.15, 0.2) is 12.2 Å². The van der Waals surface area contributed by atoms with Gasteiger partial charge in [0.25, 0.3) is 5.91 Å². The summed E-state index contributed by atoms with van der Waals surface area (Å²) in [6.07, 6.45) is -3.70. The Hall–Kier alpha value is -1.70. The van der Waals surface area contributed by atoms with E-state index in [2.05, 4.69) is 28.6 Å². The monoisotopic (exact) mass is 617 g/mol. The van der Waals surface area contributed by atoms with Gasteiger partial charge in [-0.2, -0.15) is 0 Å². The van der Waals surface area contributed by atoms with E-state index in [1.165, 1.54) is 6.92 Å². The summed E-state index contributed by atoms with van der Waals surface area (Å²) in [5.74, 6) is -0.0956. The smallest absolute Gasteiger partial charge is 0.336 e. The van der Waals surface area contributed by atoms with Crippen LogP contribution in [-0.2, 0) is 61.4 Å². The molecule has 14 nitrogen and oxygen atoms in total. The van der Waals surface area contributed by atoms with Gasteiger partial charge in [0.05, 0.1) is 30.6 Å². The van der Waals surface area contributed by atoms with E-state index < -0.39 is 85.2 Å². The Bertz CT molecular complexity index is 885. The van der Waals surface area contributed by atoms with Crippen LogP contribution in [0.15, 0.2) is 5.16 Å². The quantitative estimate of drug-likeness (QED) is 0.0410. The molecule has 211 valence electrons. The minimum atomic E-state index is -2.00. The maximum Gasteiger partial charge on any atom is 0.336 e. The molecule has 0 aliphatic carbocycles. The molecule has 0 spiro atoms. The number of hydrogen-bond acceptors (Lipinski definition) is 11. The topological polar surface area (TPSA) is 216 Å². The van der Waals surface area contributed by atoms with E-state index in [1.807, 2.05) is 0 Å². The maximum atomic E-state index is 12.3. The van der Waals surface area contributed by atoms with Crippen molar-refractivity contribution in [2.24, 2.45) is 5.16 Å². The first kappa shape index (κ1) is 34.3. The van der Waals surface area contributed by atoms with Gasteiger partial charge >= 0.3 is 5.97 Å². The Morgan fingerprint density at radius 1 is 1.24 bits per heavy atom. The summed E-state index contributed by atoms with van der Waals surface area (Å²) in [7, 11) is 0. The summed E-state index contributed by atoms with van der Waals surface area (Å²) in [5, 5.41) is 59.4. The second kappa shape index (κ2) is 15.8. The van der Waals surface area contributed by atoms with E-state index in [0.29, 0.717) is 6.42 Å². The van der Waals surface area contributed by atoms with Gasteiger partial charge in [-0.1, -0.05) is 5.16 Å². The summed E-state index contributed by atoms with van der Waals surface area (Å²) >= 11 is 0. The van der Waals surface area contributed by atoms with Crippen LogP contribution >= 0.6 is 0 Å². The normalized spacial score (nSPS) is 35.0. The molecule has 2 aliphatic heterocycles. The third kappa shape index (κ3) is 9.20. The van der Waals surface area contributed by atoms with Crippen molar-refractivity contribution in [3.8, 4) is 12.3 Å². The van der Waals surface area contributed by atoms with Crippen LogP contribution in [0.2, 0.25) is 0 Å². The van der Waals surface area contributed by atoms with Crippen molar-refractivity contribution >= 4 is 24.0 Å². The predicted molar refractivity (Wildman–Crippen MR) is 126 cm³/mol. The number of aliphatic carboxylic acids is 1. The predicted octanol–water partition coefficient (Wildman–Crippen LogP) is -2.93. The van der Waals surface area contributed by atoms with Crippen molar-refractivity contribution in [1.29, 1.82) is 0 Å². The number of oxime groups is 1. The molecule has 1 radical (unpaired) electrons. The molecular formula is C23H34N3O11Y-. The van der Waals surface area contributed by atoms with Crippen molar-refractivity contribution < 1.29 is 86.9 Å². The van der Waals surface area contributed by atoms with E-state index in [4.69, 9.17) is 20.7 Å². The van der Waals surface area contributed by atoms with Crippen LogP contribution in [-0.4, -0.2) is 117 Å². The molecule has 9 atom stereocenters. The minimum Gasteiger partial charge on any atom is -0.479 e. The Morgan fingerprint density at radius 3 is 2.53 bits per heavy atom. The van der Waals surface area contributed by atoms with Gasteiger partial charge in [-0.15, -0.1) is 12.3 Å². The number of terminal acetylenes is 1. The summed E-state index contributed by atoms with van der Waals surface area (Å²) < 4.78 is 11.2. The molecule has 2 heterocycles. The molecule has 2 saturated heterocycles. The van der Waals surface area contributed by atoms with E-state index in [-0.39, 0.29) is 52.1 Å². The summed E-state index contributed by atoms with van der Waals surface area (Å²) in [6.45, 7) is 4.54. The van der Waals surface area contributed by atoms with Crippen LogP contribution in [0.5, 0.6) is 0 Å². The van der Waals surface area contributed by atoms with E-state index in [1.54, 1.807) is 0 Å². The molecule has 2 amide bonds. The van der Waals surface area contributed by atoms with Crippen molar-refractivity contribution in [2.45, 2.75) is 87.0 Å². The number of carbonyl (C=O) groups excluding carboxylic acids is 2. The molecule has 0 aromatic rings. The number of carboxylic acid groups (broad SMARTS) is 1. The van der Waals surface area contributed by atoms with Crippen LogP contribution < -0.4 is 10.6 Å². The van der Waals surface area contributed by atoms with E-state index >= 15 is 0 Å². The van der Waals surface area contributed by atoms with Gasteiger partial charge in [0.2, 0.25) is 5.91 Å². The number of amides is 2. The maximum absolute atomic E-state index is 12.3. The fourth-order valence-electron chi connectivity index (χ4n) is 4.17. The molecule has 9 unspecified atom stereocenters. The van der Waals surface area contributed by atoms with Gasteiger partial charge < -0.3 is 57.4 Å². The largest absolute Gasteiger partial charge is 0.479 e. The molecule has 38 heavy (non-hydrogen) atoms. The molecule has 0 aromatic heterocycles. The molecular weight excluding hydrogens is 583 g/mol. The molecule has 2 fully saturated rings. The van der Waals surface area contributed by atoms with Gasteiger partial charge in [0, 0.05) is 59.0 Å². The zero-order valence-corrected chi connectivity index (χ0v) is 23.8. The summed E-state index contributed by atoms with van der Waals surface area (Å²) in [6, 6.07) is -1.08. The van der Waals surface area contributed by atoms with E-state index in [9.17, 15) is 39.9 Å². The SMILES string of the molecule is C#CCCNC(=O)CO/N=C/C1OC(CCC2OC([CH2-])C(O)C(O)C2O)(C(=O)O)CC(O)C1NC(C)=O.[Y]. The van der Waals surface area contributed by atoms with Crippen LogP contribution in [0.1, 0.15) is 32.6 Å². The van der Waals surface area contributed by atoms with Crippen molar-refractivity contribution in [1.82, 2.24) is 10.6 Å². The molecule has 0 saturated carbocycles. The summed E-state index contributed by atoms with van der Waals surface area (Å²) in [5.41, 5.74) is -2.00. The zero-order valence-electron chi connectivity index (χ0n) is 20.9. The van der Waals surface area contributed by atoms with E-state index in [0.717, 1.165) is 6.21 Å². The fraction of sp³-hybridized carbons (Fsp3) is 0.696. The number of nitrogens with one attached hydrogen (secondary N) is 2. The third-order valence-electron chi connectivity index (χ3n) is 6.14. The number of carboxylic acids is 1. The number of rotatable bonds is 11. The second-order valence-corrected chi connectivity index (χ2v) is 8.94. The first-order valence-electron chi connectivity index (χ1n) is 11.7. The van der Waals surface area contributed by atoms with Gasteiger partial charge in [-0.25, -0.2) is 4.79 Å². The van der Waals surface area contributed by atoms with Crippen molar-refractivity contribution in [3.05, 3.63) is 6.92 Å². The van der Waals surface area contributed by atoms with Crippen molar-refractivity contribution in [2.75, 3.05) is 13.2 Å².